The highest BCUT2D eigenvalue weighted by atomic mass is 16.7. The Labute approximate surface area is 57.2 Å². The summed E-state index contributed by atoms with van der Waals surface area (Å²) >= 11 is 0. The molecule has 1 atom stereocenters. The summed E-state index contributed by atoms with van der Waals surface area (Å²) in [6, 6.07) is -1.05. The summed E-state index contributed by atoms with van der Waals surface area (Å²) in [6.45, 7) is 0. The van der Waals surface area contributed by atoms with E-state index in [1.165, 1.54) is 0 Å². The molecule has 0 aliphatic carbocycles. The number of rotatable bonds is 3. The van der Waals surface area contributed by atoms with Gasteiger partial charge >= 0.3 is 5.97 Å². The van der Waals surface area contributed by atoms with E-state index in [2.05, 4.69) is 10.7 Å². The highest BCUT2D eigenvalue weighted by molar-refractivity contribution is 5.83. The Hall–Kier alpha value is -1.14. The maximum Gasteiger partial charge on any atom is 0.341 e. The van der Waals surface area contributed by atoms with Crippen molar-refractivity contribution >= 4 is 11.9 Å². The SMILES string of the molecule is NOC(=O)C(N)CC(N)=O. The van der Waals surface area contributed by atoms with E-state index in [0.717, 1.165) is 0 Å². The van der Waals surface area contributed by atoms with Crippen LogP contribution in [0.2, 0.25) is 0 Å². The number of nitrogens with two attached hydrogens (primary N) is 3. The van der Waals surface area contributed by atoms with Gasteiger partial charge in [0.2, 0.25) is 5.91 Å². The van der Waals surface area contributed by atoms with Crippen LogP contribution in [0.5, 0.6) is 0 Å². The fraction of sp³-hybridized carbons (Fsp3) is 0.500. The van der Waals surface area contributed by atoms with Gasteiger partial charge < -0.3 is 16.3 Å². The van der Waals surface area contributed by atoms with Crippen molar-refractivity contribution < 1.29 is 14.4 Å². The number of carbonyl (C=O) groups excluding carboxylic acids is 2. The molecule has 0 fully saturated rings. The fourth-order valence-corrected chi connectivity index (χ4v) is 0.387. The number of carbonyl (C=O) groups is 2. The fourth-order valence-electron chi connectivity index (χ4n) is 0.387. The minimum Gasteiger partial charge on any atom is -0.372 e. The maximum atomic E-state index is 10.4. The van der Waals surface area contributed by atoms with Crippen LogP contribution >= 0.6 is 0 Å². The summed E-state index contributed by atoms with van der Waals surface area (Å²) in [4.78, 5) is 24.2. The number of hydrogen-bond acceptors (Lipinski definition) is 5. The average molecular weight is 147 g/mol. The third-order valence-electron chi connectivity index (χ3n) is 0.840. The van der Waals surface area contributed by atoms with Crippen LogP contribution in [0.4, 0.5) is 0 Å². The van der Waals surface area contributed by atoms with Gasteiger partial charge in [0, 0.05) is 0 Å². The predicted molar refractivity (Wildman–Crippen MR) is 32.1 cm³/mol. The van der Waals surface area contributed by atoms with Crippen molar-refractivity contribution in [1.29, 1.82) is 0 Å². The molecule has 0 saturated heterocycles. The van der Waals surface area contributed by atoms with Crippen LogP contribution in [0, 0.1) is 0 Å². The van der Waals surface area contributed by atoms with Crippen molar-refractivity contribution in [1.82, 2.24) is 0 Å². The first kappa shape index (κ1) is 8.86. The normalized spacial score (nSPS) is 12.2. The average Bonchev–Trinajstić information content (AvgIpc) is 1.85. The van der Waals surface area contributed by atoms with Crippen molar-refractivity contribution in [2.45, 2.75) is 12.5 Å². The molecule has 0 radical (unpaired) electrons. The molecule has 0 spiro atoms. The number of hydrogen-bond donors (Lipinski definition) is 3. The molecule has 0 saturated carbocycles. The zero-order valence-electron chi connectivity index (χ0n) is 5.24. The molecule has 0 bridgehead atoms. The van der Waals surface area contributed by atoms with Crippen LogP contribution in [0.15, 0.2) is 0 Å². The Morgan fingerprint density at radius 3 is 2.30 bits per heavy atom. The van der Waals surface area contributed by atoms with E-state index >= 15 is 0 Å². The first-order chi connectivity index (χ1) is 4.57. The summed E-state index contributed by atoms with van der Waals surface area (Å²) in [5, 5.41) is 0. The molecule has 6 heteroatoms. The second kappa shape index (κ2) is 3.80. The van der Waals surface area contributed by atoms with Gasteiger partial charge in [0.05, 0.1) is 6.42 Å². The van der Waals surface area contributed by atoms with Crippen molar-refractivity contribution in [2.75, 3.05) is 0 Å². The minimum atomic E-state index is -1.05. The highest BCUT2D eigenvalue weighted by Gasteiger charge is 2.16. The standard InChI is InChI=1S/C4H9N3O3/c5-2(1-3(6)8)4(9)10-7/h2H,1,5,7H2,(H2,6,8). The van der Waals surface area contributed by atoms with Gasteiger partial charge in [-0.2, -0.15) is 5.90 Å². The molecule has 0 heterocycles. The van der Waals surface area contributed by atoms with Gasteiger partial charge in [0.15, 0.2) is 0 Å². The van der Waals surface area contributed by atoms with Crippen LogP contribution in [0.1, 0.15) is 6.42 Å². The van der Waals surface area contributed by atoms with E-state index in [9.17, 15) is 9.59 Å². The molecule has 6 nitrogen and oxygen atoms in total. The zero-order valence-corrected chi connectivity index (χ0v) is 5.24. The van der Waals surface area contributed by atoms with Crippen LogP contribution in [0.25, 0.3) is 0 Å². The van der Waals surface area contributed by atoms with Crippen LogP contribution in [0.3, 0.4) is 0 Å². The van der Waals surface area contributed by atoms with Gasteiger partial charge in [-0.3, -0.25) is 4.79 Å². The third kappa shape index (κ3) is 3.00. The van der Waals surface area contributed by atoms with E-state index in [0.29, 0.717) is 0 Å². The lowest BCUT2D eigenvalue weighted by Gasteiger charge is -2.03. The Kier molecular flexibility index (Phi) is 3.37. The van der Waals surface area contributed by atoms with Gasteiger partial charge in [-0.15, -0.1) is 0 Å². The van der Waals surface area contributed by atoms with E-state index in [4.69, 9.17) is 11.5 Å². The maximum absolute atomic E-state index is 10.4. The molecular weight excluding hydrogens is 138 g/mol. The quantitative estimate of drug-likeness (QED) is 0.384. The molecule has 58 valence electrons. The topological polar surface area (TPSA) is 121 Å². The summed E-state index contributed by atoms with van der Waals surface area (Å²) < 4.78 is 0. The summed E-state index contributed by atoms with van der Waals surface area (Å²) in [6.07, 6.45) is -0.254. The van der Waals surface area contributed by atoms with E-state index in [-0.39, 0.29) is 6.42 Å². The van der Waals surface area contributed by atoms with Crippen LogP contribution in [-0.2, 0) is 14.4 Å². The molecule has 0 aliphatic rings. The molecule has 0 aromatic heterocycles. The van der Waals surface area contributed by atoms with E-state index < -0.39 is 17.9 Å². The monoisotopic (exact) mass is 147 g/mol. The Morgan fingerprint density at radius 1 is 1.50 bits per heavy atom. The zero-order chi connectivity index (χ0) is 8.15. The Balaban J connectivity index is 3.72. The van der Waals surface area contributed by atoms with Gasteiger partial charge in [-0.05, 0) is 0 Å². The molecule has 0 aromatic rings. The molecular formula is C4H9N3O3. The third-order valence-corrected chi connectivity index (χ3v) is 0.840. The summed E-state index contributed by atoms with van der Waals surface area (Å²) in [7, 11) is 0. The van der Waals surface area contributed by atoms with E-state index in [1.807, 2.05) is 0 Å². The van der Waals surface area contributed by atoms with Crippen LogP contribution in [-0.4, -0.2) is 17.9 Å². The molecule has 6 N–H and O–H groups in total. The lowest BCUT2D eigenvalue weighted by atomic mass is 10.2. The molecule has 0 aromatic carbocycles. The highest BCUT2D eigenvalue weighted by Crippen LogP contribution is 1.87. The lowest BCUT2D eigenvalue weighted by Crippen LogP contribution is -2.37. The molecule has 0 aliphatic heterocycles. The van der Waals surface area contributed by atoms with Crippen LogP contribution < -0.4 is 17.4 Å². The van der Waals surface area contributed by atoms with Crippen molar-refractivity contribution in [3.8, 4) is 0 Å². The Bertz CT molecular complexity index is 147. The summed E-state index contributed by atoms with van der Waals surface area (Å²) in [5.74, 6) is 2.95. The smallest absolute Gasteiger partial charge is 0.341 e. The first-order valence-corrected chi connectivity index (χ1v) is 2.52. The van der Waals surface area contributed by atoms with Crippen molar-refractivity contribution in [3.63, 3.8) is 0 Å². The summed E-state index contributed by atoms with van der Waals surface area (Å²) in [5.41, 5.74) is 9.79. The molecule has 1 amide bonds. The van der Waals surface area contributed by atoms with Gasteiger partial charge in [0.25, 0.3) is 0 Å². The molecule has 0 rings (SSSR count). The lowest BCUT2D eigenvalue weighted by molar-refractivity contribution is -0.147. The largest absolute Gasteiger partial charge is 0.372 e. The number of amides is 1. The molecule has 10 heavy (non-hydrogen) atoms. The first-order valence-electron chi connectivity index (χ1n) is 2.52. The molecule has 1 unspecified atom stereocenters. The van der Waals surface area contributed by atoms with E-state index in [1.54, 1.807) is 0 Å². The number of primary amides is 1. The Morgan fingerprint density at radius 2 is 2.00 bits per heavy atom. The van der Waals surface area contributed by atoms with Crippen molar-refractivity contribution in [2.24, 2.45) is 17.4 Å². The van der Waals surface area contributed by atoms with Gasteiger partial charge in [-0.25, -0.2) is 4.79 Å². The predicted octanol–water partition coefficient (Wildman–Crippen LogP) is -2.39. The second-order valence-corrected chi connectivity index (χ2v) is 1.71. The van der Waals surface area contributed by atoms with Gasteiger partial charge in [0.1, 0.15) is 6.04 Å². The minimum absolute atomic E-state index is 0.254. The van der Waals surface area contributed by atoms with Crippen molar-refractivity contribution in [3.05, 3.63) is 0 Å². The van der Waals surface area contributed by atoms with Gasteiger partial charge in [-0.1, -0.05) is 0 Å². The second-order valence-electron chi connectivity index (χ2n) is 1.71.